The van der Waals surface area contributed by atoms with Crippen LogP contribution in [0.2, 0.25) is 5.02 Å². The van der Waals surface area contributed by atoms with Crippen LogP contribution >= 0.6 is 34.2 Å². The molecule has 0 saturated carbocycles. The summed E-state index contributed by atoms with van der Waals surface area (Å²) >= 11 is 8.31. The van der Waals surface area contributed by atoms with Crippen LogP contribution in [-0.2, 0) is 0 Å². The first kappa shape index (κ1) is 10.7. The van der Waals surface area contributed by atoms with Crippen molar-refractivity contribution in [2.24, 2.45) is 0 Å². The highest BCUT2D eigenvalue weighted by molar-refractivity contribution is 14.1. The summed E-state index contributed by atoms with van der Waals surface area (Å²) in [5.41, 5.74) is 1.45. The quantitative estimate of drug-likeness (QED) is 0.782. The van der Waals surface area contributed by atoms with E-state index in [4.69, 9.17) is 11.6 Å². The molecular formula is C11H13ClIN. The molecule has 0 aliphatic carbocycles. The molecule has 0 spiro atoms. The fourth-order valence-electron chi connectivity index (χ4n) is 1.95. The summed E-state index contributed by atoms with van der Waals surface area (Å²) in [5, 5.41) is 4.27. The largest absolute Gasteiger partial charge is 0.316 e. The number of nitrogens with one attached hydrogen (secondary N) is 1. The molecule has 0 unspecified atom stereocenters. The van der Waals surface area contributed by atoms with Gasteiger partial charge >= 0.3 is 0 Å². The molecule has 1 aliphatic rings. The van der Waals surface area contributed by atoms with Gasteiger partial charge in [-0.2, -0.15) is 0 Å². The van der Waals surface area contributed by atoms with E-state index in [2.05, 4.69) is 34.0 Å². The predicted octanol–water partition coefficient (Wildman–Crippen LogP) is 3.41. The van der Waals surface area contributed by atoms with Crippen molar-refractivity contribution in [1.29, 1.82) is 0 Å². The number of hydrogen-bond donors (Lipinski definition) is 1. The molecule has 1 atom stereocenters. The van der Waals surface area contributed by atoms with Gasteiger partial charge in [-0.15, -0.1) is 0 Å². The van der Waals surface area contributed by atoms with E-state index in [-0.39, 0.29) is 0 Å². The van der Waals surface area contributed by atoms with Gasteiger partial charge < -0.3 is 5.32 Å². The Morgan fingerprint density at radius 3 is 2.93 bits per heavy atom. The third kappa shape index (κ3) is 2.41. The maximum Gasteiger partial charge on any atom is 0.0416 e. The molecule has 0 bridgehead atoms. The zero-order valence-corrected chi connectivity index (χ0v) is 10.8. The van der Waals surface area contributed by atoms with Crippen LogP contribution in [0.25, 0.3) is 0 Å². The number of piperidine rings is 1. The molecule has 1 nitrogen and oxygen atoms in total. The molecule has 0 amide bonds. The third-order valence-electron chi connectivity index (χ3n) is 2.70. The molecule has 1 heterocycles. The van der Waals surface area contributed by atoms with Crippen molar-refractivity contribution < 1.29 is 0 Å². The Kier molecular flexibility index (Phi) is 3.68. The average Bonchev–Trinajstić information content (AvgIpc) is 2.19. The molecule has 2 rings (SSSR count). The molecule has 3 heteroatoms. The molecule has 14 heavy (non-hydrogen) atoms. The van der Waals surface area contributed by atoms with Gasteiger partial charge in [0, 0.05) is 15.1 Å². The summed E-state index contributed by atoms with van der Waals surface area (Å²) < 4.78 is 1.30. The second-order valence-electron chi connectivity index (χ2n) is 3.71. The van der Waals surface area contributed by atoms with Gasteiger partial charge in [0.1, 0.15) is 0 Å². The molecular weight excluding hydrogens is 308 g/mol. The lowest BCUT2D eigenvalue weighted by Gasteiger charge is -2.24. The highest BCUT2D eigenvalue weighted by Crippen LogP contribution is 2.28. The standard InChI is InChI=1S/C11H13ClIN/c12-9-3-4-10(11(13)6-9)8-2-1-5-14-7-8/h3-4,6,8,14H,1-2,5,7H2/t8-/m0/s1. The minimum Gasteiger partial charge on any atom is -0.316 e. The van der Waals surface area contributed by atoms with Crippen molar-refractivity contribution in [1.82, 2.24) is 5.32 Å². The van der Waals surface area contributed by atoms with E-state index >= 15 is 0 Å². The lowest BCUT2D eigenvalue weighted by molar-refractivity contribution is 0.460. The summed E-state index contributed by atoms with van der Waals surface area (Å²) in [6, 6.07) is 6.21. The maximum absolute atomic E-state index is 5.94. The minimum absolute atomic E-state index is 0.674. The van der Waals surface area contributed by atoms with Crippen LogP contribution in [0.4, 0.5) is 0 Å². The van der Waals surface area contributed by atoms with Gasteiger partial charge in [0.15, 0.2) is 0 Å². The van der Waals surface area contributed by atoms with E-state index in [0.29, 0.717) is 5.92 Å². The Labute approximate surface area is 103 Å². The van der Waals surface area contributed by atoms with Crippen LogP contribution in [0, 0.1) is 3.57 Å². The molecule has 76 valence electrons. The third-order valence-corrected chi connectivity index (χ3v) is 3.87. The lowest BCUT2D eigenvalue weighted by atomic mass is 9.92. The van der Waals surface area contributed by atoms with E-state index in [0.717, 1.165) is 11.6 Å². The molecule has 1 saturated heterocycles. The Morgan fingerprint density at radius 2 is 2.29 bits per heavy atom. The number of hydrogen-bond acceptors (Lipinski definition) is 1. The van der Waals surface area contributed by atoms with Crippen LogP contribution in [0.3, 0.4) is 0 Å². The molecule has 1 fully saturated rings. The van der Waals surface area contributed by atoms with Crippen molar-refractivity contribution in [3.8, 4) is 0 Å². The van der Waals surface area contributed by atoms with E-state index in [1.807, 2.05) is 12.1 Å². The monoisotopic (exact) mass is 321 g/mol. The second kappa shape index (κ2) is 4.81. The summed E-state index contributed by atoms with van der Waals surface area (Å²) in [6.07, 6.45) is 2.58. The van der Waals surface area contributed by atoms with Gasteiger partial charge in [-0.3, -0.25) is 0 Å². The first-order valence-corrected chi connectivity index (χ1v) is 6.38. The van der Waals surface area contributed by atoms with Crippen LogP contribution in [0.15, 0.2) is 18.2 Å². The normalized spacial score (nSPS) is 22.3. The van der Waals surface area contributed by atoms with Gasteiger partial charge in [-0.05, 0) is 65.6 Å². The van der Waals surface area contributed by atoms with E-state index < -0.39 is 0 Å². The van der Waals surface area contributed by atoms with E-state index in [1.54, 1.807) is 0 Å². The Bertz CT molecular complexity index is 321. The summed E-state index contributed by atoms with van der Waals surface area (Å²) in [6.45, 7) is 2.28. The van der Waals surface area contributed by atoms with Gasteiger partial charge in [0.05, 0.1) is 0 Å². The lowest BCUT2D eigenvalue weighted by Crippen LogP contribution is -2.28. The predicted molar refractivity (Wildman–Crippen MR) is 69.0 cm³/mol. The van der Waals surface area contributed by atoms with Crippen LogP contribution in [0.5, 0.6) is 0 Å². The molecule has 0 aromatic heterocycles. The second-order valence-corrected chi connectivity index (χ2v) is 5.31. The van der Waals surface area contributed by atoms with Crippen LogP contribution in [0.1, 0.15) is 24.3 Å². The Morgan fingerprint density at radius 1 is 1.43 bits per heavy atom. The van der Waals surface area contributed by atoms with Crippen molar-refractivity contribution in [2.75, 3.05) is 13.1 Å². The molecule has 1 aliphatic heterocycles. The highest BCUT2D eigenvalue weighted by Gasteiger charge is 2.17. The number of rotatable bonds is 1. The fraction of sp³-hybridized carbons (Fsp3) is 0.455. The summed E-state index contributed by atoms with van der Waals surface area (Å²) in [5.74, 6) is 0.674. The highest BCUT2D eigenvalue weighted by atomic mass is 127. The van der Waals surface area contributed by atoms with E-state index in [9.17, 15) is 0 Å². The zero-order chi connectivity index (χ0) is 9.97. The average molecular weight is 322 g/mol. The van der Waals surface area contributed by atoms with Gasteiger partial charge in [-0.1, -0.05) is 17.7 Å². The van der Waals surface area contributed by atoms with Gasteiger partial charge in [0.2, 0.25) is 0 Å². The number of benzene rings is 1. The van der Waals surface area contributed by atoms with Crippen molar-refractivity contribution in [2.45, 2.75) is 18.8 Å². The molecule has 1 aromatic rings. The summed E-state index contributed by atoms with van der Waals surface area (Å²) in [7, 11) is 0. The van der Waals surface area contributed by atoms with Gasteiger partial charge in [-0.25, -0.2) is 0 Å². The first-order chi connectivity index (χ1) is 6.77. The first-order valence-electron chi connectivity index (χ1n) is 4.93. The van der Waals surface area contributed by atoms with Gasteiger partial charge in [0.25, 0.3) is 0 Å². The Balaban J connectivity index is 2.22. The minimum atomic E-state index is 0.674. The molecule has 1 aromatic carbocycles. The number of halogens is 2. The maximum atomic E-state index is 5.94. The van der Waals surface area contributed by atoms with Crippen molar-refractivity contribution in [3.63, 3.8) is 0 Å². The topological polar surface area (TPSA) is 12.0 Å². The SMILES string of the molecule is Clc1ccc([C@H]2CCCNC2)c(I)c1. The summed E-state index contributed by atoms with van der Waals surface area (Å²) in [4.78, 5) is 0. The van der Waals surface area contributed by atoms with Crippen LogP contribution < -0.4 is 5.32 Å². The fourth-order valence-corrected chi connectivity index (χ4v) is 3.26. The zero-order valence-electron chi connectivity index (χ0n) is 7.89. The Hall–Kier alpha value is 0.200. The molecule has 0 radical (unpaired) electrons. The van der Waals surface area contributed by atoms with E-state index in [1.165, 1.54) is 28.5 Å². The smallest absolute Gasteiger partial charge is 0.0416 e. The van der Waals surface area contributed by atoms with Crippen LogP contribution in [-0.4, -0.2) is 13.1 Å². The van der Waals surface area contributed by atoms with Crippen molar-refractivity contribution in [3.05, 3.63) is 32.4 Å². The molecule has 1 N–H and O–H groups in total. The van der Waals surface area contributed by atoms with Crippen molar-refractivity contribution >= 4 is 34.2 Å².